The summed E-state index contributed by atoms with van der Waals surface area (Å²) < 4.78 is 30.0. The summed E-state index contributed by atoms with van der Waals surface area (Å²) in [6.45, 7) is 6.56. The van der Waals surface area contributed by atoms with E-state index in [1.165, 1.54) is 17.4 Å². The van der Waals surface area contributed by atoms with Crippen LogP contribution < -0.4 is 4.74 Å². The number of aromatic nitrogens is 2. The van der Waals surface area contributed by atoms with Crippen LogP contribution in [0.4, 0.5) is 4.39 Å². The lowest BCUT2D eigenvalue weighted by Gasteiger charge is -2.44. The highest BCUT2D eigenvalue weighted by atomic mass is 35.5. The Bertz CT molecular complexity index is 1620. The molecule has 1 unspecified atom stereocenters. The van der Waals surface area contributed by atoms with Crippen molar-refractivity contribution < 1.29 is 28.9 Å². The number of benzene rings is 2. The molecule has 6 rings (SSSR count). The standard InChI is InChI=1S/C31H33ClFN3O5S/c1-18(17-37)15-36-27(34-24-14-26(30(38)39)42-29(24)36)16-35-11-9-19(10-12-35)28-21-5-3-4-6-25(21)40-31(2,41-28)22-8-7-20(32)13-23(22)33/h3-8,13-14,18-19,28,37H,9-12,15-17H2,1-2H3,(H,38,39)/t18-,28?,31+/m0/s1. The Labute approximate surface area is 252 Å². The molecule has 11 heteroatoms. The molecule has 8 nitrogen and oxygen atoms in total. The lowest BCUT2D eigenvalue weighted by Crippen LogP contribution is -2.43. The number of para-hydroxylation sites is 1. The Morgan fingerprint density at radius 3 is 2.71 bits per heavy atom. The van der Waals surface area contributed by atoms with E-state index in [-0.39, 0.29) is 29.4 Å². The van der Waals surface area contributed by atoms with Gasteiger partial charge in [-0.05, 0) is 68.1 Å². The van der Waals surface area contributed by atoms with Crippen molar-refractivity contribution in [2.75, 3.05) is 19.7 Å². The summed E-state index contributed by atoms with van der Waals surface area (Å²) in [7, 11) is 0. The minimum absolute atomic E-state index is 0.00721. The van der Waals surface area contributed by atoms with E-state index in [4.69, 9.17) is 26.1 Å². The van der Waals surface area contributed by atoms with Crippen molar-refractivity contribution in [2.24, 2.45) is 11.8 Å². The van der Waals surface area contributed by atoms with Crippen LogP contribution in [0.2, 0.25) is 5.02 Å². The molecule has 222 valence electrons. The minimum atomic E-state index is -1.31. The number of ether oxygens (including phenoxy) is 2. The topological polar surface area (TPSA) is 97.0 Å². The number of aliphatic hydroxyl groups excluding tert-OH is 1. The fourth-order valence-electron chi connectivity index (χ4n) is 6.03. The van der Waals surface area contributed by atoms with Gasteiger partial charge in [0.1, 0.15) is 32.6 Å². The van der Waals surface area contributed by atoms with Crippen molar-refractivity contribution >= 4 is 39.3 Å². The number of thiophene rings is 1. The van der Waals surface area contributed by atoms with Crippen LogP contribution in [0.3, 0.4) is 0 Å². The molecule has 42 heavy (non-hydrogen) atoms. The second-order valence-electron chi connectivity index (χ2n) is 11.4. The highest BCUT2D eigenvalue weighted by Crippen LogP contribution is 2.49. The van der Waals surface area contributed by atoms with Crippen molar-refractivity contribution in [3.63, 3.8) is 0 Å². The molecule has 3 atom stereocenters. The maximum Gasteiger partial charge on any atom is 0.346 e. The Hall–Kier alpha value is -3.02. The molecule has 4 aromatic rings. The van der Waals surface area contributed by atoms with Gasteiger partial charge in [-0.1, -0.05) is 36.7 Å². The number of fused-ring (bicyclic) bond motifs is 2. The number of aromatic carboxylic acids is 1. The van der Waals surface area contributed by atoms with Crippen molar-refractivity contribution in [3.8, 4) is 5.75 Å². The molecule has 4 heterocycles. The molecule has 2 N–H and O–H groups in total. The number of hydrogen-bond donors (Lipinski definition) is 2. The van der Waals surface area contributed by atoms with Gasteiger partial charge in [0, 0.05) is 30.7 Å². The molecular formula is C31H33ClFN3O5S. The van der Waals surface area contributed by atoms with E-state index in [9.17, 15) is 15.0 Å². The predicted octanol–water partition coefficient (Wildman–Crippen LogP) is 6.45. The number of halogens is 2. The van der Waals surface area contributed by atoms with Crippen LogP contribution >= 0.6 is 22.9 Å². The van der Waals surface area contributed by atoms with E-state index in [1.54, 1.807) is 25.1 Å². The van der Waals surface area contributed by atoms with Crippen LogP contribution in [0.15, 0.2) is 48.5 Å². The molecule has 2 aliphatic rings. The second kappa shape index (κ2) is 11.6. The molecule has 0 amide bonds. The molecule has 0 aliphatic carbocycles. The van der Waals surface area contributed by atoms with Crippen LogP contribution in [0.1, 0.15) is 59.4 Å². The molecule has 0 spiro atoms. The molecule has 1 saturated heterocycles. The van der Waals surface area contributed by atoms with Crippen LogP contribution in [-0.4, -0.2) is 50.3 Å². The van der Waals surface area contributed by atoms with E-state index in [0.717, 1.165) is 42.1 Å². The van der Waals surface area contributed by atoms with Crippen LogP contribution in [0.25, 0.3) is 10.3 Å². The van der Waals surface area contributed by atoms with Crippen molar-refractivity contribution in [1.29, 1.82) is 0 Å². The first kappa shape index (κ1) is 29.1. The van der Waals surface area contributed by atoms with Crippen LogP contribution in [0.5, 0.6) is 5.75 Å². The number of likely N-dealkylation sites (tertiary alicyclic amines) is 1. The Morgan fingerprint density at radius 2 is 2.00 bits per heavy atom. The van der Waals surface area contributed by atoms with Gasteiger partial charge >= 0.3 is 5.97 Å². The van der Waals surface area contributed by atoms with Gasteiger partial charge in [-0.3, -0.25) is 4.90 Å². The third-order valence-corrected chi connectivity index (χ3v) is 9.61. The number of carbonyl (C=O) groups is 1. The van der Waals surface area contributed by atoms with Gasteiger partial charge < -0.3 is 24.3 Å². The maximum absolute atomic E-state index is 15.0. The zero-order valence-corrected chi connectivity index (χ0v) is 25.0. The van der Waals surface area contributed by atoms with E-state index in [0.29, 0.717) is 34.9 Å². The summed E-state index contributed by atoms with van der Waals surface area (Å²) in [6.07, 6.45) is 1.46. The summed E-state index contributed by atoms with van der Waals surface area (Å²) in [6, 6.07) is 14.0. The van der Waals surface area contributed by atoms with E-state index < -0.39 is 17.6 Å². The van der Waals surface area contributed by atoms with Crippen molar-refractivity contribution in [2.45, 2.75) is 51.7 Å². The molecular weight excluding hydrogens is 581 g/mol. The smallest absolute Gasteiger partial charge is 0.346 e. The van der Waals surface area contributed by atoms with E-state index >= 15 is 4.39 Å². The number of piperidine rings is 1. The average Bonchev–Trinajstić information content (AvgIpc) is 3.52. The quantitative estimate of drug-likeness (QED) is 0.236. The van der Waals surface area contributed by atoms with Crippen molar-refractivity contribution in [1.82, 2.24) is 14.5 Å². The Morgan fingerprint density at radius 1 is 1.24 bits per heavy atom. The van der Waals surface area contributed by atoms with Gasteiger partial charge in [-0.25, -0.2) is 14.2 Å². The predicted molar refractivity (Wildman–Crippen MR) is 158 cm³/mol. The summed E-state index contributed by atoms with van der Waals surface area (Å²) in [4.78, 5) is 19.8. The lowest BCUT2D eigenvalue weighted by molar-refractivity contribution is -0.243. The first-order chi connectivity index (χ1) is 20.1. The molecule has 2 aromatic heterocycles. The average molecular weight is 614 g/mol. The number of imidazole rings is 1. The third kappa shape index (κ3) is 5.54. The number of carboxylic acid groups (broad SMARTS) is 1. The molecule has 2 aromatic carbocycles. The number of carboxylic acids is 1. The fraction of sp³-hybridized carbons (Fsp3) is 0.419. The molecule has 0 radical (unpaired) electrons. The summed E-state index contributed by atoms with van der Waals surface area (Å²) in [5.74, 6) is -0.988. The van der Waals surface area contributed by atoms with Gasteiger partial charge in [-0.2, -0.15) is 0 Å². The van der Waals surface area contributed by atoms with Gasteiger partial charge in [-0.15, -0.1) is 11.3 Å². The minimum Gasteiger partial charge on any atom is -0.477 e. The van der Waals surface area contributed by atoms with Gasteiger partial charge in [0.25, 0.3) is 0 Å². The van der Waals surface area contributed by atoms with Gasteiger partial charge in [0.15, 0.2) is 0 Å². The molecule has 2 aliphatic heterocycles. The molecule has 0 saturated carbocycles. The van der Waals surface area contributed by atoms with Gasteiger partial charge in [0.05, 0.1) is 18.2 Å². The van der Waals surface area contributed by atoms with Crippen LogP contribution in [-0.2, 0) is 23.6 Å². The van der Waals surface area contributed by atoms with Crippen molar-refractivity contribution in [3.05, 3.63) is 81.2 Å². The highest BCUT2D eigenvalue weighted by Gasteiger charge is 2.44. The molecule has 0 bridgehead atoms. The monoisotopic (exact) mass is 613 g/mol. The number of nitrogens with zero attached hydrogens (tertiary/aromatic N) is 3. The van der Waals surface area contributed by atoms with E-state index in [2.05, 4.69) is 9.47 Å². The zero-order chi connectivity index (χ0) is 29.6. The summed E-state index contributed by atoms with van der Waals surface area (Å²) in [5, 5.41) is 19.5. The van der Waals surface area contributed by atoms with E-state index in [1.807, 2.05) is 31.2 Å². The normalized spacial score (nSPS) is 22.2. The third-order valence-electron chi connectivity index (χ3n) is 8.24. The molecule has 1 fully saturated rings. The SMILES string of the molecule is C[C@H](CO)Cn1c(CN2CCC(C3O[C@](C)(c4ccc(Cl)cc4F)Oc4ccccc43)CC2)nc2cc(C(=O)O)sc21. The Balaban J connectivity index is 1.21. The zero-order valence-electron chi connectivity index (χ0n) is 23.4. The van der Waals surface area contributed by atoms with Crippen LogP contribution in [0, 0.1) is 17.7 Å². The first-order valence-corrected chi connectivity index (χ1v) is 15.3. The lowest BCUT2D eigenvalue weighted by atomic mass is 9.85. The number of aliphatic hydroxyl groups is 1. The largest absolute Gasteiger partial charge is 0.477 e. The first-order valence-electron chi connectivity index (χ1n) is 14.1. The fourth-order valence-corrected chi connectivity index (χ4v) is 7.16. The summed E-state index contributed by atoms with van der Waals surface area (Å²) >= 11 is 7.23. The number of hydrogen-bond acceptors (Lipinski definition) is 7. The second-order valence-corrected chi connectivity index (χ2v) is 12.9. The number of rotatable bonds is 8. The highest BCUT2D eigenvalue weighted by molar-refractivity contribution is 7.20. The van der Waals surface area contributed by atoms with Gasteiger partial charge in [0.2, 0.25) is 5.79 Å². The Kier molecular flexibility index (Phi) is 8.01. The summed E-state index contributed by atoms with van der Waals surface area (Å²) in [5.41, 5.74) is 1.94. The maximum atomic E-state index is 15.0.